The summed E-state index contributed by atoms with van der Waals surface area (Å²) in [6.45, 7) is 5.51. The van der Waals surface area contributed by atoms with Gasteiger partial charge in [-0.3, -0.25) is 9.78 Å². The van der Waals surface area contributed by atoms with Gasteiger partial charge in [0.25, 0.3) is 5.91 Å². The van der Waals surface area contributed by atoms with Gasteiger partial charge in [-0.05, 0) is 36.1 Å². The molecule has 0 saturated carbocycles. The maximum absolute atomic E-state index is 12.1. The Kier molecular flexibility index (Phi) is 6.41. The fourth-order valence-corrected chi connectivity index (χ4v) is 2.27. The van der Waals surface area contributed by atoms with Gasteiger partial charge >= 0.3 is 0 Å². The lowest BCUT2D eigenvalue weighted by Crippen LogP contribution is -2.26. The Morgan fingerprint density at radius 2 is 2.04 bits per heavy atom. The van der Waals surface area contributed by atoms with Crippen molar-refractivity contribution in [3.05, 3.63) is 58.9 Å². The maximum Gasteiger partial charge on any atom is 0.269 e. The highest BCUT2D eigenvalue weighted by Gasteiger charge is 2.08. The van der Waals surface area contributed by atoms with E-state index in [1.54, 1.807) is 12.3 Å². The van der Waals surface area contributed by atoms with Crippen LogP contribution in [0, 0.1) is 5.92 Å². The van der Waals surface area contributed by atoms with E-state index in [4.69, 9.17) is 11.6 Å². The van der Waals surface area contributed by atoms with Gasteiger partial charge in [0.1, 0.15) is 5.69 Å². The van der Waals surface area contributed by atoms with Crippen LogP contribution in [-0.4, -0.2) is 17.4 Å². The standard InChI is InChI=1S/C18H22ClN3O/c1-13(2)7-9-21-18(23)17-11-15(8-10-20-17)22-12-14-5-3-4-6-16(14)19/h3-6,8,10-11,13H,7,9,12H2,1-2H3,(H,20,22)(H,21,23). The highest BCUT2D eigenvalue weighted by Crippen LogP contribution is 2.17. The molecular formula is C18H22ClN3O. The minimum absolute atomic E-state index is 0.146. The number of nitrogens with zero attached hydrogens (tertiary/aromatic N) is 1. The number of anilines is 1. The molecule has 2 rings (SSSR count). The molecule has 1 amide bonds. The van der Waals surface area contributed by atoms with Crippen molar-refractivity contribution in [1.29, 1.82) is 0 Å². The molecule has 0 aliphatic carbocycles. The SMILES string of the molecule is CC(C)CCNC(=O)c1cc(NCc2ccccc2Cl)ccn1. The van der Waals surface area contributed by atoms with Crippen molar-refractivity contribution in [2.45, 2.75) is 26.8 Å². The minimum Gasteiger partial charge on any atom is -0.381 e. The van der Waals surface area contributed by atoms with Crippen molar-refractivity contribution in [2.75, 3.05) is 11.9 Å². The number of benzene rings is 1. The Morgan fingerprint density at radius 1 is 1.26 bits per heavy atom. The van der Waals surface area contributed by atoms with Crippen LogP contribution in [0.25, 0.3) is 0 Å². The van der Waals surface area contributed by atoms with Crippen LogP contribution >= 0.6 is 11.6 Å². The molecule has 4 nitrogen and oxygen atoms in total. The largest absolute Gasteiger partial charge is 0.381 e. The van der Waals surface area contributed by atoms with Crippen molar-refractivity contribution in [3.63, 3.8) is 0 Å². The van der Waals surface area contributed by atoms with Crippen LogP contribution < -0.4 is 10.6 Å². The molecule has 0 fully saturated rings. The van der Waals surface area contributed by atoms with Crippen LogP contribution in [0.15, 0.2) is 42.6 Å². The molecule has 1 aromatic carbocycles. The van der Waals surface area contributed by atoms with Crippen LogP contribution in [-0.2, 0) is 6.54 Å². The van der Waals surface area contributed by atoms with E-state index in [1.807, 2.05) is 30.3 Å². The second-order valence-electron chi connectivity index (χ2n) is 5.81. The molecule has 5 heteroatoms. The Labute approximate surface area is 142 Å². The molecule has 1 aromatic heterocycles. The second-order valence-corrected chi connectivity index (χ2v) is 6.22. The first-order valence-corrected chi connectivity index (χ1v) is 8.15. The summed E-state index contributed by atoms with van der Waals surface area (Å²) < 4.78 is 0. The van der Waals surface area contributed by atoms with E-state index in [-0.39, 0.29) is 5.91 Å². The van der Waals surface area contributed by atoms with E-state index < -0.39 is 0 Å². The molecule has 2 N–H and O–H groups in total. The predicted octanol–water partition coefficient (Wildman–Crippen LogP) is 4.12. The molecule has 0 saturated heterocycles. The van der Waals surface area contributed by atoms with Crippen molar-refractivity contribution < 1.29 is 4.79 Å². The summed E-state index contributed by atoms with van der Waals surface area (Å²) in [6.07, 6.45) is 2.59. The summed E-state index contributed by atoms with van der Waals surface area (Å²) >= 11 is 6.14. The fourth-order valence-electron chi connectivity index (χ4n) is 2.07. The third kappa shape index (κ3) is 5.57. The third-order valence-corrected chi connectivity index (χ3v) is 3.81. The van der Waals surface area contributed by atoms with Gasteiger partial charge in [0, 0.05) is 30.0 Å². The van der Waals surface area contributed by atoms with Gasteiger partial charge in [-0.1, -0.05) is 43.6 Å². The van der Waals surface area contributed by atoms with E-state index >= 15 is 0 Å². The molecule has 2 aromatic rings. The molecule has 122 valence electrons. The summed E-state index contributed by atoms with van der Waals surface area (Å²) in [6, 6.07) is 11.3. The number of nitrogens with one attached hydrogen (secondary N) is 2. The first-order valence-electron chi connectivity index (χ1n) is 7.78. The van der Waals surface area contributed by atoms with Crippen LogP contribution in [0.5, 0.6) is 0 Å². The summed E-state index contributed by atoms with van der Waals surface area (Å²) in [5, 5.41) is 6.88. The summed E-state index contributed by atoms with van der Waals surface area (Å²) in [4.78, 5) is 16.2. The topological polar surface area (TPSA) is 54.0 Å². The molecule has 0 radical (unpaired) electrons. The fraction of sp³-hybridized carbons (Fsp3) is 0.333. The smallest absolute Gasteiger partial charge is 0.269 e. The molecule has 0 aliphatic rings. The van der Waals surface area contributed by atoms with E-state index in [0.29, 0.717) is 24.7 Å². The number of amides is 1. The van der Waals surface area contributed by atoms with Crippen LogP contribution in [0.1, 0.15) is 36.3 Å². The zero-order chi connectivity index (χ0) is 16.7. The van der Waals surface area contributed by atoms with Crippen LogP contribution in [0.2, 0.25) is 5.02 Å². The number of aromatic nitrogens is 1. The molecule has 1 heterocycles. The first kappa shape index (κ1) is 17.3. The minimum atomic E-state index is -0.146. The summed E-state index contributed by atoms with van der Waals surface area (Å²) in [7, 11) is 0. The Balaban J connectivity index is 1.94. The van der Waals surface area contributed by atoms with Crippen molar-refractivity contribution in [2.24, 2.45) is 5.92 Å². The molecular weight excluding hydrogens is 310 g/mol. The zero-order valence-corrected chi connectivity index (χ0v) is 14.2. The zero-order valence-electron chi connectivity index (χ0n) is 13.5. The number of hydrogen-bond acceptors (Lipinski definition) is 3. The van der Waals surface area contributed by atoms with Gasteiger partial charge in [-0.25, -0.2) is 0 Å². The summed E-state index contributed by atoms with van der Waals surface area (Å²) in [5.41, 5.74) is 2.26. The molecule has 0 bridgehead atoms. The normalized spacial score (nSPS) is 10.6. The number of carbonyl (C=O) groups excluding carboxylic acids is 1. The van der Waals surface area contributed by atoms with Gasteiger partial charge in [-0.15, -0.1) is 0 Å². The molecule has 0 atom stereocenters. The lowest BCUT2D eigenvalue weighted by Gasteiger charge is -2.10. The number of hydrogen-bond donors (Lipinski definition) is 2. The van der Waals surface area contributed by atoms with Crippen LogP contribution in [0.4, 0.5) is 5.69 Å². The predicted molar refractivity (Wildman–Crippen MR) is 94.8 cm³/mol. The highest BCUT2D eigenvalue weighted by molar-refractivity contribution is 6.31. The van der Waals surface area contributed by atoms with E-state index in [1.165, 1.54) is 0 Å². The average Bonchev–Trinajstić information content (AvgIpc) is 2.54. The first-order chi connectivity index (χ1) is 11.1. The molecule has 0 unspecified atom stereocenters. The van der Waals surface area contributed by atoms with Gasteiger partial charge in [-0.2, -0.15) is 0 Å². The number of pyridine rings is 1. The average molecular weight is 332 g/mol. The van der Waals surface area contributed by atoms with Crippen molar-refractivity contribution in [3.8, 4) is 0 Å². The second kappa shape index (κ2) is 8.53. The maximum atomic E-state index is 12.1. The third-order valence-electron chi connectivity index (χ3n) is 3.44. The van der Waals surface area contributed by atoms with Crippen molar-refractivity contribution in [1.82, 2.24) is 10.3 Å². The lowest BCUT2D eigenvalue weighted by molar-refractivity contribution is 0.0947. The lowest BCUT2D eigenvalue weighted by atomic mass is 10.1. The van der Waals surface area contributed by atoms with Crippen molar-refractivity contribution >= 4 is 23.2 Å². The Hall–Kier alpha value is -2.07. The van der Waals surface area contributed by atoms with E-state index in [2.05, 4.69) is 29.5 Å². The van der Waals surface area contributed by atoms with Gasteiger partial charge < -0.3 is 10.6 Å². The summed E-state index contributed by atoms with van der Waals surface area (Å²) in [5.74, 6) is 0.416. The van der Waals surface area contributed by atoms with E-state index in [9.17, 15) is 4.79 Å². The Morgan fingerprint density at radius 3 is 2.78 bits per heavy atom. The van der Waals surface area contributed by atoms with Gasteiger partial charge in [0.05, 0.1) is 0 Å². The van der Waals surface area contributed by atoms with Gasteiger partial charge in [0.15, 0.2) is 0 Å². The monoisotopic (exact) mass is 331 g/mol. The highest BCUT2D eigenvalue weighted by atomic mass is 35.5. The molecule has 0 aliphatic heterocycles. The number of rotatable bonds is 7. The molecule has 0 spiro atoms. The number of halogens is 1. The molecule has 23 heavy (non-hydrogen) atoms. The van der Waals surface area contributed by atoms with Crippen LogP contribution in [0.3, 0.4) is 0 Å². The number of carbonyl (C=O) groups is 1. The van der Waals surface area contributed by atoms with Gasteiger partial charge in [0.2, 0.25) is 0 Å². The Bertz CT molecular complexity index is 658. The quantitative estimate of drug-likeness (QED) is 0.802. The van der Waals surface area contributed by atoms with E-state index in [0.717, 1.165) is 22.7 Å².